The van der Waals surface area contributed by atoms with Crippen molar-refractivity contribution in [1.82, 2.24) is 9.21 Å². The first kappa shape index (κ1) is 18.0. The third kappa shape index (κ3) is 3.70. The molecule has 2 aromatic rings. The van der Waals surface area contributed by atoms with E-state index in [9.17, 15) is 13.2 Å². The predicted molar refractivity (Wildman–Crippen MR) is 104 cm³/mol. The summed E-state index contributed by atoms with van der Waals surface area (Å²) in [6.45, 7) is 1.37. The molecule has 2 aromatic carbocycles. The van der Waals surface area contributed by atoms with E-state index >= 15 is 0 Å². The van der Waals surface area contributed by atoms with Crippen LogP contribution in [-0.4, -0.2) is 49.8 Å². The number of carbonyl (C=O) groups excluding carboxylic acids is 1. The van der Waals surface area contributed by atoms with Crippen molar-refractivity contribution in [2.75, 3.05) is 31.5 Å². The lowest BCUT2D eigenvalue weighted by molar-refractivity contribution is 0.184. The number of urea groups is 1. The average molecular weight is 385 g/mol. The van der Waals surface area contributed by atoms with Gasteiger partial charge in [-0.2, -0.15) is 4.31 Å². The van der Waals surface area contributed by atoms with Crippen LogP contribution in [0.2, 0.25) is 0 Å². The maximum Gasteiger partial charge on any atom is 0.321 e. The highest BCUT2D eigenvalue weighted by Gasteiger charge is 2.30. The van der Waals surface area contributed by atoms with Gasteiger partial charge in [-0.3, -0.25) is 0 Å². The number of piperazine rings is 1. The van der Waals surface area contributed by atoms with E-state index in [2.05, 4.69) is 5.32 Å². The van der Waals surface area contributed by atoms with Crippen molar-refractivity contribution < 1.29 is 13.2 Å². The van der Waals surface area contributed by atoms with Crippen LogP contribution in [0.5, 0.6) is 0 Å². The fraction of sp³-hybridized carbons (Fsp3) is 0.350. The molecule has 27 heavy (non-hydrogen) atoms. The van der Waals surface area contributed by atoms with Crippen molar-refractivity contribution in [3.05, 3.63) is 59.7 Å². The molecular formula is C20H23N3O3S. The molecule has 0 saturated carbocycles. The molecule has 0 radical (unpaired) electrons. The van der Waals surface area contributed by atoms with Gasteiger partial charge in [-0.15, -0.1) is 0 Å². The van der Waals surface area contributed by atoms with Crippen LogP contribution >= 0.6 is 0 Å². The Hall–Kier alpha value is -2.38. The molecule has 0 aromatic heterocycles. The lowest BCUT2D eigenvalue weighted by Crippen LogP contribution is -2.51. The van der Waals surface area contributed by atoms with E-state index in [1.165, 1.54) is 9.87 Å². The van der Waals surface area contributed by atoms with Gasteiger partial charge in [0.05, 0.1) is 4.90 Å². The monoisotopic (exact) mass is 385 g/mol. The van der Waals surface area contributed by atoms with Crippen molar-refractivity contribution in [2.24, 2.45) is 0 Å². The second kappa shape index (κ2) is 7.32. The molecule has 0 atom stereocenters. The summed E-state index contributed by atoms with van der Waals surface area (Å²) in [7, 11) is -3.52. The fourth-order valence-electron chi connectivity index (χ4n) is 3.71. The summed E-state index contributed by atoms with van der Waals surface area (Å²) in [5.74, 6) is 0. The first-order valence-corrected chi connectivity index (χ1v) is 10.7. The molecule has 0 bridgehead atoms. The SMILES string of the molecule is O=C(Nc1ccccc1)N1CCN(S(=O)(=O)c2ccc3c(c2)CCC3)CC1. The first-order valence-electron chi connectivity index (χ1n) is 9.27. The molecule has 0 unspecified atom stereocenters. The lowest BCUT2D eigenvalue weighted by atomic mass is 10.1. The van der Waals surface area contributed by atoms with E-state index in [0.717, 1.165) is 30.5 Å². The Morgan fingerprint density at radius 3 is 2.33 bits per heavy atom. The third-order valence-corrected chi connectivity index (χ3v) is 7.15. The van der Waals surface area contributed by atoms with Gasteiger partial charge in [0, 0.05) is 31.9 Å². The van der Waals surface area contributed by atoms with Crippen molar-refractivity contribution in [3.63, 3.8) is 0 Å². The van der Waals surface area contributed by atoms with Gasteiger partial charge in [-0.05, 0) is 54.7 Å². The van der Waals surface area contributed by atoms with Crippen molar-refractivity contribution >= 4 is 21.7 Å². The molecule has 2 amide bonds. The van der Waals surface area contributed by atoms with Crippen LogP contribution in [0.3, 0.4) is 0 Å². The molecular weight excluding hydrogens is 362 g/mol. The number of para-hydroxylation sites is 1. The number of aryl methyl sites for hydroxylation is 2. The van der Waals surface area contributed by atoms with E-state index in [0.29, 0.717) is 31.1 Å². The van der Waals surface area contributed by atoms with Gasteiger partial charge in [-0.25, -0.2) is 13.2 Å². The summed E-state index contributed by atoms with van der Waals surface area (Å²) in [5, 5.41) is 2.84. The number of nitrogens with one attached hydrogen (secondary N) is 1. The standard InChI is InChI=1S/C20H23N3O3S/c24-20(21-18-7-2-1-3-8-18)22-11-13-23(14-12-22)27(25,26)19-10-9-16-5-4-6-17(16)15-19/h1-3,7-10,15H,4-6,11-14H2,(H,21,24). The van der Waals surface area contributed by atoms with Crippen molar-refractivity contribution in [3.8, 4) is 0 Å². The summed E-state index contributed by atoms with van der Waals surface area (Å²) < 4.78 is 27.4. The summed E-state index contributed by atoms with van der Waals surface area (Å²) in [4.78, 5) is 14.4. The van der Waals surface area contributed by atoms with Crippen LogP contribution in [0.25, 0.3) is 0 Å². The van der Waals surface area contributed by atoms with E-state index in [1.54, 1.807) is 11.0 Å². The number of sulfonamides is 1. The first-order chi connectivity index (χ1) is 13.0. The molecule has 1 aliphatic heterocycles. The van der Waals surface area contributed by atoms with E-state index < -0.39 is 10.0 Å². The molecule has 4 rings (SSSR count). The van der Waals surface area contributed by atoms with Crippen LogP contribution in [0.4, 0.5) is 10.5 Å². The molecule has 1 aliphatic carbocycles. The number of hydrogen-bond donors (Lipinski definition) is 1. The van der Waals surface area contributed by atoms with Gasteiger partial charge in [-0.1, -0.05) is 24.3 Å². The molecule has 142 valence electrons. The summed E-state index contributed by atoms with van der Waals surface area (Å²) >= 11 is 0. The Labute approximate surface area is 159 Å². The molecule has 1 N–H and O–H groups in total. The number of amides is 2. The molecule has 6 nitrogen and oxygen atoms in total. The van der Waals surface area contributed by atoms with Crippen LogP contribution in [0, 0.1) is 0 Å². The number of fused-ring (bicyclic) bond motifs is 1. The maximum atomic E-state index is 13.0. The zero-order valence-electron chi connectivity index (χ0n) is 15.1. The Morgan fingerprint density at radius 2 is 1.59 bits per heavy atom. The van der Waals surface area contributed by atoms with Crippen LogP contribution in [0.15, 0.2) is 53.4 Å². The Bertz CT molecular complexity index is 936. The van der Waals surface area contributed by atoms with Crippen molar-refractivity contribution in [1.29, 1.82) is 0 Å². The van der Waals surface area contributed by atoms with E-state index in [1.807, 2.05) is 42.5 Å². The quantitative estimate of drug-likeness (QED) is 0.883. The van der Waals surface area contributed by atoms with Gasteiger partial charge < -0.3 is 10.2 Å². The van der Waals surface area contributed by atoms with Gasteiger partial charge >= 0.3 is 6.03 Å². The smallest absolute Gasteiger partial charge is 0.321 e. The molecule has 1 saturated heterocycles. The Kier molecular flexibility index (Phi) is 4.88. The topological polar surface area (TPSA) is 69.7 Å². The van der Waals surface area contributed by atoms with Gasteiger partial charge in [0.1, 0.15) is 0 Å². The number of anilines is 1. The second-order valence-electron chi connectivity index (χ2n) is 6.97. The number of rotatable bonds is 3. The van der Waals surface area contributed by atoms with Crippen molar-refractivity contribution in [2.45, 2.75) is 24.2 Å². The Morgan fingerprint density at radius 1 is 0.889 bits per heavy atom. The molecule has 2 aliphatic rings. The second-order valence-corrected chi connectivity index (χ2v) is 8.91. The van der Waals surface area contributed by atoms with Gasteiger partial charge in [0.2, 0.25) is 10.0 Å². The summed E-state index contributed by atoms with van der Waals surface area (Å²) in [5.41, 5.74) is 3.14. The van der Waals surface area contributed by atoms with Crippen LogP contribution in [-0.2, 0) is 22.9 Å². The molecule has 0 spiro atoms. The van der Waals surface area contributed by atoms with Gasteiger partial charge in [0.15, 0.2) is 0 Å². The highest BCUT2D eigenvalue weighted by Crippen LogP contribution is 2.26. The minimum Gasteiger partial charge on any atom is -0.322 e. The average Bonchev–Trinajstić information content (AvgIpc) is 3.17. The summed E-state index contributed by atoms with van der Waals surface area (Å²) in [6.07, 6.45) is 3.07. The highest BCUT2D eigenvalue weighted by atomic mass is 32.2. The lowest BCUT2D eigenvalue weighted by Gasteiger charge is -2.34. The zero-order valence-corrected chi connectivity index (χ0v) is 15.9. The van der Waals surface area contributed by atoms with Crippen LogP contribution in [0.1, 0.15) is 17.5 Å². The highest BCUT2D eigenvalue weighted by molar-refractivity contribution is 7.89. The number of hydrogen-bond acceptors (Lipinski definition) is 3. The molecule has 1 heterocycles. The fourth-order valence-corrected chi connectivity index (χ4v) is 5.19. The largest absolute Gasteiger partial charge is 0.322 e. The van der Waals surface area contributed by atoms with E-state index in [4.69, 9.17) is 0 Å². The van der Waals surface area contributed by atoms with Gasteiger partial charge in [0.25, 0.3) is 0 Å². The zero-order chi connectivity index (χ0) is 18.9. The molecule has 1 fully saturated rings. The predicted octanol–water partition coefficient (Wildman–Crippen LogP) is 2.71. The number of benzene rings is 2. The minimum atomic E-state index is -3.52. The number of nitrogens with zero attached hydrogens (tertiary/aromatic N) is 2. The third-order valence-electron chi connectivity index (χ3n) is 5.26. The maximum absolute atomic E-state index is 13.0. The number of carbonyl (C=O) groups is 1. The Balaban J connectivity index is 1.40. The minimum absolute atomic E-state index is 0.198. The van der Waals surface area contributed by atoms with Crippen LogP contribution < -0.4 is 5.32 Å². The summed E-state index contributed by atoms with van der Waals surface area (Å²) in [6, 6.07) is 14.5. The molecule has 7 heteroatoms. The van der Waals surface area contributed by atoms with E-state index in [-0.39, 0.29) is 6.03 Å². The normalized spacial score (nSPS) is 17.6.